The normalized spacial score (nSPS) is 13.8. The van der Waals surface area contributed by atoms with E-state index in [1.165, 1.54) is 18.7 Å². The maximum atomic E-state index is 9.24. The predicted octanol–water partition coefficient (Wildman–Crippen LogP) is 2.18. The van der Waals surface area contributed by atoms with Crippen LogP contribution in [0.25, 0.3) is 0 Å². The average molecular weight is 224 g/mol. The molecule has 0 aromatic rings. The fourth-order valence-electron chi connectivity index (χ4n) is 0.702. The first-order valence-electron chi connectivity index (χ1n) is 4.04. The van der Waals surface area contributed by atoms with Crippen molar-refractivity contribution in [2.75, 3.05) is 18.2 Å². The van der Waals surface area contributed by atoms with Gasteiger partial charge in [0.2, 0.25) is 0 Å². The summed E-state index contributed by atoms with van der Waals surface area (Å²) in [6, 6.07) is 0. The Morgan fingerprint density at radius 3 is 2.69 bits per heavy atom. The van der Waals surface area contributed by atoms with Crippen molar-refractivity contribution in [2.45, 2.75) is 13.3 Å². The van der Waals surface area contributed by atoms with E-state index in [0.717, 1.165) is 0 Å². The molecule has 1 N–H and O–H groups in total. The van der Waals surface area contributed by atoms with Crippen LogP contribution in [0.15, 0.2) is 12.3 Å². The maximum absolute atomic E-state index is 9.24. The van der Waals surface area contributed by atoms with E-state index in [1.54, 1.807) is 0 Å². The molecule has 0 spiro atoms. The summed E-state index contributed by atoms with van der Waals surface area (Å²) in [6.07, 6.45) is 5.60. The van der Waals surface area contributed by atoms with Gasteiger partial charge < -0.3 is 9.41 Å². The Hall–Kier alpha value is -0.350. The number of aliphatic carboxylic acids is 1. The molecule has 1 rings (SSSR count). The Morgan fingerprint density at radius 2 is 2.38 bits per heavy atom. The summed E-state index contributed by atoms with van der Waals surface area (Å²) < 4.78 is 2.28. The summed E-state index contributed by atoms with van der Waals surface area (Å²) >= 11 is 6.63. The lowest BCUT2D eigenvalue weighted by Gasteiger charge is -2.10. The molecule has 0 aliphatic carbocycles. The van der Waals surface area contributed by atoms with E-state index in [0.29, 0.717) is 0 Å². The van der Waals surface area contributed by atoms with E-state index in [4.69, 9.17) is 16.7 Å². The first-order chi connectivity index (χ1) is 6.20. The van der Waals surface area contributed by atoms with Crippen LogP contribution in [0.1, 0.15) is 13.3 Å². The molecule has 13 heavy (non-hydrogen) atoms. The fraction of sp³-hybridized carbons (Fsp3) is 0.625. The van der Waals surface area contributed by atoms with Gasteiger partial charge in [-0.05, 0) is 18.4 Å². The number of alkyl halides is 1. The van der Waals surface area contributed by atoms with E-state index in [-0.39, 0.29) is 5.88 Å². The molecule has 1 aliphatic rings. The largest absolute Gasteiger partial charge is 0.480 e. The fourth-order valence-corrected chi connectivity index (χ4v) is 1.55. The van der Waals surface area contributed by atoms with E-state index < -0.39 is 5.97 Å². The summed E-state index contributed by atoms with van der Waals surface area (Å²) in [4.78, 5) is 9.24. The second-order valence-electron chi connectivity index (χ2n) is 2.35. The van der Waals surface area contributed by atoms with Gasteiger partial charge in [0.05, 0.1) is 0 Å². The third-order valence-corrected chi connectivity index (χ3v) is 2.37. The molecule has 0 radical (unpaired) electrons. The molecule has 76 valence electrons. The second kappa shape index (κ2) is 8.26. The van der Waals surface area contributed by atoms with Gasteiger partial charge in [0.1, 0.15) is 5.88 Å². The molecule has 0 unspecified atom stereocenters. The van der Waals surface area contributed by atoms with Gasteiger partial charge in [-0.3, -0.25) is 4.79 Å². The molecule has 0 aromatic heterocycles. The Balaban J connectivity index is 0.000000252. The zero-order chi connectivity index (χ0) is 10.1. The van der Waals surface area contributed by atoms with Gasteiger partial charge in [-0.15, -0.1) is 11.6 Å². The average Bonchev–Trinajstić information content (AvgIpc) is 2.59. The molecule has 3 nitrogen and oxygen atoms in total. The van der Waals surface area contributed by atoms with Gasteiger partial charge in [0, 0.05) is 18.5 Å². The van der Waals surface area contributed by atoms with Crippen molar-refractivity contribution in [1.82, 2.24) is 4.31 Å². The van der Waals surface area contributed by atoms with Crippen LogP contribution in [0.4, 0.5) is 0 Å². The SMILES string of the molecule is CCCN1C=CCS1.O=C(O)CCl. The lowest BCUT2D eigenvalue weighted by atomic mass is 10.5. The van der Waals surface area contributed by atoms with E-state index in [2.05, 4.69) is 23.5 Å². The Labute approximate surface area is 87.9 Å². The van der Waals surface area contributed by atoms with E-state index >= 15 is 0 Å². The predicted molar refractivity (Wildman–Crippen MR) is 57.0 cm³/mol. The highest BCUT2D eigenvalue weighted by atomic mass is 35.5. The lowest BCUT2D eigenvalue weighted by Crippen LogP contribution is -2.04. The van der Waals surface area contributed by atoms with Crippen molar-refractivity contribution in [3.05, 3.63) is 12.3 Å². The maximum Gasteiger partial charge on any atom is 0.318 e. The van der Waals surface area contributed by atoms with Gasteiger partial charge in [-0.2, -0.15) is 0 Å². The molecule has 5 heteroatoms. The molecular weight excluding hydrogens is 210 g/mol. The first-order valence-corrected chi connectivity index (χ1v) is 5.52. The summed E-state index contributed by atoms with van der Waals surface area (Å²) in [5, 5.41) is 7.59. The topological polar surface area (TPSA) is 40.5 Å². The van der Waals surface area contributed by atoms with Crippen LogP contribution >= 0.6 is 23.5 Å². The Bertz CT molecular complexity index is 176. The molecule has 0 saturated heterocycles. The van der Waals surface area contributed by atoms with Crippen molar-refractivity contribution in [3.63, 3.8) is 0 Å². The molecule has 0 saturated carbocycles. The van der Waals surface area contributed by atoms with Crippen molar-refractivity contribution < 1.29 is 9.90 Å². The molecule has 1 aliphatic heterocycles. The number of hydrogen-bond donors (Lipinski definition) is 1. The van der Waals surface area contributed by atoms with Crippen molar-refractivity contribution >= 4 is 29.5 Å². The van der Waals surface area contributed by atoms with Crippen LogP contribution in [-0.4, -0.2) is 33.6 Å². The molecule has 0 bridgehead atoms. The van der Waals surface area contributed by atoms with Gasteiger partial charge in [-0.1, -0.05) is 13.0 Å². The number of nitrogens with zero attached hydrogens (tertiary/aromatic N) is 1. The summed E-state index contributed by atoms with van der Waals surface area (Å²) in [6.45, 7) is 3.40. The van der Waals surface area contributed by atoms with Gasteiger partial charge in [0.15, 0.2) is 0 Å². The van der Waals surface area contributed by atoms with Crippen LogP contribution < -0.4 is 0 Å². The number of carboxylic acid groups (broad SMARTS) is 1. The highest BCUT2D eigenvalue weighted by molar-refractivity contribution is 7.97. The minimum absolute atomic E-state index is 0.306. The van der Waals surface area contributed by atoms with Gasteiger partial charge in [0.25, 0.3) is 0 Å². The van der Waals surface area contributed by atoms with Gasteiger partial charge in [-0.25, -0.2) is 0 Å². The monoisotopic (exact) mass is 223 g/mol. The van der Waals surface area contributed by atoms with Crippen LogP contribution in [0.5, 0.6) is 0 Å². The minimum atomic E-state index is -0.980. The zero-order valence-electron chi connectivity index (χ0n) is 7.57. The molecule has 0 atom stereocenters. The quantitative estimate of drug-likeness (QED) is 0.588. The van der Waals surface area contributed by atoms with Crippen LogP contribution in [-0.2, 0) is 4.79 Å². The van der Waals surface area contributed by atoms with Crippen LogP contribution in [0.2, 0.25) is 0 Å². The molecule has 0 aromatic carbocycles. The highest BCUT2D eigenvalue weighted by Crippen LogP contribution is 2.16. The minimum Gasteiger partial charge on any atom is -0.480 e. The smallest absolute Gasteiger partial charge is 0.318 e. The van der Waals surface area contributed by atoms with E-state index in [9.17, 15) is 4.79 Å². The Morgan fingerprint density at radius 1 is 1.77 bits per heavy atom. The Kier molecular flexibility index (Phi) is 8.04. The number of rotatable bonds is 3. The molecule has 0 amide bonds. The van der Waals surface area contributed by atoms with Gasteiger partial charge >= 0.3 is 5.97 Å². The summed E-state index contributed by atoms with van der Waals surface area (Å²) in [5.74, 6) is -0.119. The zero-order valence-corrected chi connectivity index (χ0v) is 9.14. The number of hydrogen-bond acceptors (Lipinski definition) is 3. The second-order valence-corrected chi connectivity index (χ2v) is 3.68. The van der Waals surface area contributed by atoms with E-state index in [1.807, 2.05) is 11.9 Å². The standard InChI is InChI=1S/C6H11NS.C2H3ClO2/c1-2-4-7-5-3-6-8-7;3-1-2(4)5/h3,5H,2,4,6H2,1H3;1H2,(H,4,5). The molecule has 1 heterocycles. The summed E-state index contributed by atoms with van der Waals surface area (Å²) in [7, 11) is 0. The lowest BCUT2D eigenvalue weighted by molar-refractivity contribution is -0.134. The number of carboxylic acids is 1. The molecule has 0 fully saturated rings. The number of halogens is 1. The van der Waals surface area contributed by atoms with Crippen LogP contribution in [0, 0.1) is 0 Å². The van der Waals surface area contributed by atoms with Crippen molar-refractivity contribution in [1.29, 1.82) is 0 Å². The number of carbonyl (C=O) groups is 1. The van der Waals surface area contributed by atoms with Crippen molar-refractivity contribution in [3.8, 4) is 0 Å². The molecular formula is C8H14ClNO2S. The third kappa shape index (κ3) is 7.99. The third-order valence-electron chi connectivity index (χ3n) is 1.17. The summed E-state index contributed by atoms with van der Waals surface area (Å²) in [5.41, 5.74) is 0. The first kappa shape index (κ1) is 12.7. The highest BCUT2D eigenvalue weighted by Gasteiger charge is 2.00. The van der Waals surface area contributed by atoms with Crippen LogP contribution in [0.3, 0.4) is 0 Å². The van der Waals surface area contributed by atoms with Crippen molar-refractivity contribution in [2.24, 2.45) is 0 Å².